The summed E-state index contributed by atoms with van der Waals surface area (Å²) in [6, 6.07) is 0. The van der Waals surface area contributed by atoms with Crippen LogP contribution in [0.3, 0.4) is 0 Å². The molecule has 1 amide bonds. The van der Waals surface area contributed by atoms with E-state index in [-0.39, 0.29) is 12.5 Å². The lowest BCUT2D eigenvalue weighted by Crippen LogP contribution is -2.46. The zero-order valence-electron chi connectivity index (χ0n) is 9.51. The third kappa shape index (κ3) is 2.56. The fourth-order valence-corrected chi connectivity index (χ4v) is 1.29. The van der Waals surface area contributed by atoms with Crippen LogP contribution < -0.4 is 5.32 Å². The molecule has 1 aromatic heterocycles. The average Bonchev–Trinajstić information content (AvgIpc) is 2.45. The number of aliphatic hydroxyl groups excluding tert-OH is 1. The molecule has 0 aliphatic carbocycles. The predicted octanol–water partition coefficient (Wildman–Crippen LogP) is 0.527. The lowest BCUT2D eigenvalue weighted by atomic mass is 10.1. The number of carbonyl (C=O) groups excluding carboxylic acids is 1. The maximum absolute atomic E-state index is 11.8. The van der Waals surface area contributed by atoms with E-state index < -0.39 is 5.54 Å². The third-order valence-electron chi connectivity index (χ3n) is 2.20. The minimum atomic E-state index is -0.618. The quantitative estimate of drug-likeness (QED) is 0.682. The van der Waals surface area contributed by atoms with Crippen LogP contribution in [0.25, 0.3) is 0 Å². The van der Waals surface area contributed by atoms with Gasteiger partial charge in [0.05, 0.1) is 23.4 Å². The SMILES string of the molecule is Cc1n[nH]c(C)c1C(=O)NC(C)(C)CO. The summed E-state index contributed by atoms with van der Waals surface area (Å²) in [5, 5.41) is 18.5. The van der Waals surface area contributed by atoms with Gasteiger partial charge in [-0.05, 0) is 27.7 Å². The fourth-order valence-electron chi connectivity index (χ4n) is 1.29. The Morgan fingerprint density at radius 1 is 1.53 bits per heavy atom. The lowest BCUT2D eigenvalue weighted by Gasteiger charge is -2.23. The number of nitrogens with zero attached hydrogens (tertiary/aromatic N) is 1. The summed E-state index contributed by atoms with van der Waals surface area (Å²) >= 11 is 0. The topological polar surface area (TPSA) is 78.0 Å². The number of aryl methyl sites for hydroxylation is 2. The minimum absolute atomic E-state index is 0.102. The van der Waals surface area contributed by atoms with Crippen molar-refractivity contribution in [3.8, 4) is 0 Å². The minimum Gasteiger partial charge on any atom is -0.394 e. The molecule has 0 aliphatic heterocycles. The highest BCUT2D eigenvalue weighted by molar-refractivity contribution is 5.96. The Morgan fingerprint density at radius 2 is 2.13 bits per heavy atom. The number of aromatic nitrogens is 2. The molecule has 0 saturated carbocycles. The van der Waals surface area contributed by atoms with E-state index in [1.807, 2.05) is 0 Å². The van der Waals surface area contributed by atoms with Gasteiger partial charge >= 0.3 is 0 Å². The van der Waals surface area contributed by atoms with Crippen LogP contribution in [-0.2, 0) is 0 Å². The first-order valence-electron chi connectivity index (χ1n) is 4.82. The summed E-state index contributed by atoms with van der Waals surface area (Å²) < 4.78 is 0. The van der Waals surface area contributed by atoms with E-state index in [2.05, 4.69) is 15.5 Å². The van der Waals surface area contributed by atoms with Gasteiger partial charge in [-0.3, -0.25) is 9.89 Å². The Labute approximate surface area is 88.9 Å². The second-order valence-corrected chi connectivity index (χ2v) is 4.31. The number of aromatic amines is 1. The predicted molar refractivity (Wildman–Crippen MR) is 56.7 cm³/mol. The van der Waals surface area contributed by atoms with Crippen molar-refractivity contribution in [1.29, 1.82) is 0 Å². The van der Waals surface area contributed by atoms with Crippen molar-refractivity contribution < 1.29 is 9.90 Å². The van der Waals surface area contributed by atoms with Crippen molar-refractivity contribution in [2.24, 2.45) is 0 Å². The number of amides is 1. The van der Waals surface area contributed by atoms with Crippen LogP contribution in [0.4, 0.5) is 0 Å². The van der Waals surface area contributed by atoms with Crippen LogP contribution in [0.5, 0.6) is 0 Å². The van der Waals surface area contributed by atoms with Crippen molar-refractivity contribution in [2.45, 2.75) is 33.2 Å². The normalized spacial score (nSPS) is 11.5. The number of hydrogen-bond acceptors (Lipinski definition) is 3. The van der Waals surface area contributed by atoms with Crippen LogP contribution in [0, 0.1) is 13.8 Å². The molecule has 0 fully saturated rings. The largest absolute Gasteiger partial charge is 0.394 e. The van der Waals surface area contributed by atoms with E-state index in [0.29, 0.717) is 11.3 Å². The second-order valence-electron chi connectivity index (χ2n) is 4.31. The fraction of sp³-hybridized carbons (Fsp3) is 0.600. The molecule has 1 rings (SSSR count). The summed E-state index contributed by atoms with van der Waals surface area (Å²) in [5.74, 6) is -0.210. The molecule has 3 N–H and O–H groups in total. The molecule has 0 atom stereocenters. The Kier molecular flexibility index (Phi) is 3.14. The van der Waals surface area contributed by atoms with Gasteiger partial charge in [-0.2, -0.15) is 5.10 Å². The van der Waals surface area contributed by atoms with Gasteiger partial charge in [0.2, 0.25) is 0 Å². The molecule has 1 aromatic rings. The monoisotopic (exact) mass is 211 g/mol. The van der Waals surface area contributed by atoms with Crippen molar-refractivity contribution in [3.05, 3.63) is 17.0 Å². The Balaban J connectivity index is 2.87. The summed E-state index contributed by atoms with van der Waals surface area (Å²) in [6.45, 7) is 6.98. The lowest BCUT2D eigenvalue weighted by molar-refractivity contribution is 0.0868. The zero-order chi connectivity index (χ0) is 11.6. The molecule has 84 valence electrons. The van der Waals surface area contributed by atoms with Gasteiger partial charge in [0.25, 0.3) is 5.91 Å². The van der Waals surface area contributed by atoms with Gasteiger partial charge in [0.15, 0.2) is 0 Å². The Morgan fingerprint density at radius 3 is 2.53 bits per heavy atom. The van der Waals surface area contributed by atoms with Gasteiger partial charge < -0.3 is 10.4 Å². The number of carbonyl (C=O) groups is 1. The molecule has 5 nitrogen and oxygen atoms in total. The standard InChI is InChI=1S/C10H17N3O2/c1-6-8(7(2)13-12-6)9(15)11-10(3,4)5-14/h14H,5H2,1-4H3,(H,11,15)(H,12,13). The van der Waals surface area contributed by atoms with Crippen LogP contribution in [0.15, 0.2) is 0 Å². The number of nitrogens with one attached hydrogen (secondary N) is 2. The highest BCUT2D eigenvalue weighted by Gasteiger charge is 2.23. The highest BCUT2D eigenvalue weighted by atomic mass is 16.3. The molecular formula is C10H17N3O2. The van der Waals surface area contributed by atoms with Crippen molar-refractivity contribution in [3.63, 3.8) is 0 Å². The summed E-state index contributed by atoms with van der Waals surface area (Å²) in [4.78, 5) is 11.8. The average molecular weight is 211 g/mol. The molecule has 15 heavy (non-hydrogen) atoms. The third-order valence-corrected chi connectivity index (χ3v) is 2.20. The number of H-pyrrole nitrogens is 1. The summed E-state index contributed by atoms with van der Waals surface area (Å²) in [6.07, 6.45) is 0. The van der Waals surface area contributed by atoms with Crippen LogP contribution >= 0.6 is 0 Å². The number of rotatable bonds is 3. The molecule has 0 aromatic carbocycles. The first kappa shape index (κ1) is 11.7. The molecule has 0 aliphatic rings. The Bertz CT molecular complexity index is 349. The summed E-state index contributed by atoms with van der Waals surface area (Å²) in [5.41, 5.74) is 1.33. The molecule has 0 radical (unpaired) electrons. The molecule has 0 saturated heterocycles. The van der Waals surface area contributed by atoms with E-state index >= 15 is 0 Å². The molecular weight excluding hydrogens is 194 g/mol. The maximum atomic E-state index is 11.8. The van der Waals surface area contributed by atoms with E-state index in [0.717, 1.165) is 5.69 Å². The van der Waals surface area contributed by atoms with Crippen molar-refractivity contribution in [1.82, 2.24) is 15.5 Å². The van der Waals surface area contributed by atoms with Gasteiger partial charge in [0.1, 0.15) is 0 Å². The van der Waals surface area contributed by atoms with E-state index in [1.54, 1.807) is 27.7 Å². The van der Waals surface area contributed by atoms with Crippen LogP contribution in [0.1, 0.15) is 35.6 Å². The van der Waals surface area contributed by atoms with E-state index in [1.165, 1.54) is 0 Å². The number of hydrogen-bond donors (Lipinski definition) is 3. The maximum Gasteiger partial charge on any atom is 0.255 e. The Hall–Kier alpha value is -1.36. The van der Waals surface area contributed by atoms with E-state index in [4.69, 9.17) is 5.11 Å². The molecule has 5 heteroatoms. The smallest absolute Gasteiger partial charge is 0.255 e. The van der Waals surface area contributed by atoms with E-state index in [9.17, 15) is 4.79 Å². The van der Waals surface area contributed by atoms with Crippen molar-refractivity contribution >= 4 is 5.91 Å². The second kappa shape index (κ2) is 4.02. The molecule has 0 unspecified atom stereocenters. The molecule has 0 bridgehead atoms. The summed E-state index contributed by atoms with van der Waals surface area (Å²) in [7, 11) is 0. The zero-order valence-corrected chi connectivity index (χ0v) is 9.51. The van der Waals surface area contributed by atoms with Crippen LogP contribution in [-0.4, -0.2) is 33.4 Å². The molecule has 0 spiro atoms. The van der Waals surface area contributed by atoms with Gasteiger partial charge in [0, 0.05) is 5.69 Å². The first-order valence-corrected chi connectivity index (χ1v) is 4.82. The van der Waals surface area contributed by atoms with Crippen molar-refractivity contribution in [2.75, 3.05) is 6.61 Å². The van der Waals surface area contributed by atoms with Crippen LogP contribution in [0.2, 0.25) is 0 Å². The first-order chi connectivity index (χ1) is 6.87. The highest BCUT2D eigenvalue weighted by Crippen LogP contribution is 2.11. The number of aliphatic hydroxyl groups is 1. The van der Waals surface area contributed by atoms with Gasteiger partial charge in [-0.25, -0.2) is 0 Å². The molecule has 1 heterocycles. The van der Waals surface area contributed by atoms with Gasteiger partial charge in [-0.1, -0.05) is 0 Å². The van der Waals surface area contributed by atoms with Gasteiger partial charge in [-0.15, -0.1) is 0 Å².